The smallest absolute Gasteiger partial charge is 0.240 e. The molecule has 0 amide bonds. The van der Waals surface area contributed by atoms with Crippen LogP contribution in [0.25, 0.3) is 5.69 Å². The molecule has 1 aromatic carbocycles. The van der Waals surface area contributed by atoms with Crippen molar-refractivity contribution in [1.82, 2.24) is 5.27 Å². The average Bonchev–Trinajstić information content (AvgIpc) is 2.57. The van der Waals surface area contributed by atoms with Crippen LogP contribution in [0.1, 0.15) is 0 Å². The Hall–Kier alpha value is -1.26. The monoisotopic (exact) mass is 230 g/mol. The number of benzene rings is 1. The van der Waals surface area contributed by atoms with E-state index < -0.39 is 5.95 Å². The van der Waals surface area contributed by atoms with Crippen LogP contribution in [0.3, 0.4) is 0 Å². The van der Waals surface area contributed by atoms with E-state index in [0.717, 1.165) is 0 Å². The number of hydrogen-bond acceptors (Lipinski definition) is 3. The Morgan fingerprint density at radius 2 is 2.07 bits per heavy atom. The largest absolute Gasteiger partial charge is 0.539 e. The standard InChI is InChI=1S/C8H4Cl2N2O2/c9-6-2-1-5(3-7(6)10)12-4-8(13)14-11-12/h1-4H. The summed E-state index contributed by atoms with van der Waals surface area (Å²) < 4.78 is 5.65. The molecule has 0 radical (unpaired) electrons. The van der Waals surface area contributed by atoms with Gasteiger partial charge >= 0.3 is 0 Å². The van der Waals surface area contributed by atoms with E-state index in [4.69, 9.17) is 23.2 Å². The van der Waals surface area contributed by atoms with Gasteiger partial charge in [-0.25, -0.2) is 0 Å². The molecule has 0 spiro atoms. The minimum Gasteiger partial charge on any atom is -0.539 e. The molecule has 72 valence electrons. The zero-order valence-electron chi connectivity index (χ0n) is 6.78. The number of rotatable bonds is 1. The summed E-state index contributed by atoms with van der Waals surface area (Å²) >= 11 is 11.5. The zero-order chi connectivity index (χ0) is 10.1. The molecule has 0 unspecified atom stereocenters. The van der Waals surface area contributed by atoms with Crippen molar-refractivity contribution in [3.8, 4) is 11.6 Å². The summed E-state index contributed by atoms with van der Waals surface area (Å²) in [6.07, 6.45) is 1.21. The molecule has 6 heteroatoms. The summed E-state index contributed by atoms with van der Waals surface area (Å²) in [4.78, 5) is 0. The molecule has 0 aliphatic carbocycles. The zero-order valence-corrected chi connectivity index (χ0v) is 8.29. The molecule has 0 fully saturated rings. The van der Waals surface area contributed by atoms with Crippen LogP contribution in [0, 0.1) is 0 Å². The van der Waals surface area contributed by atoms with Gasteiger partial charge in [-0.2, -0.15) is 0 Å². The average molecular weight is 231 g/mol. The molecule has 0 saturated carbocycles. The van der Waals surface area contributed by atoms with Crippen molar-refractivity contribution >= 4 is 23.2 Å². The lowest BCUT2D eigenvalue weighted by Gasteiger charge is -1.93. The van der Waals surface area contributed by atoms with Crippen molar-refractivity contribution in [2.75, 3.05) is 0 Å². The summed E-state index contributed by atoms with van der Waals surface area (Å²) in [6, 6.07) is 4.88. The molecule has 1 aromatic heterocycles. The summed E-state index contributed by atoms with van der Waals surface area (Å²) in [6.45, 7) is 0. The maximum Gasteiger partial charge on any atom is 0.240 e. The highest BCUT2D eigenvalue weighted by Crippen LogP contribution is 2.22. The molecule has 0 aliphatic heterocycles. The van der Waals surface area contributed by atoms with E-state index >= 15 is 0 Å². The van der Waals surface area contributed by atoms with Crippen molar-refractivity contribution in [2.45, 2.75) is 0 Å². The molecule has 0 saturated heterocycles. The maximum atomic E-state index is 10.7. The minimum absolute atomic E-state index is 0.395. The third kappa shape index (κ3) is 1.66. The van der Waals surface area contributed by atoms with Gasteiger partial charge in [0, 0.05) is 12.1 Å². The molecule has 2 aromatic rings. The minimum atomic E-state index is -0.518. The fraction of sp³-hybridized carbons (Fsp3) is 0. The van der Waals surface area contributed by atoms with Gasteiger partial charge in [-0.3, -0.25) is 0 Å². The first-order chi connectivity index (χ1) is 6.66. The Labute approximate surface area is 89.3 Å². The fourth-order valence-electron chi connectivity index (χ4n) is 0.980. The predicted molar refractivity (Wildman–Crippen MR) is 47.5 cm³/mol. The number of aromatic nitrogens is 2. The van der Waals surface area contributed by atoms with Crippen LogP contribution in [0.2, 0.25) is 10.0 Å². The molecule has 0 N–H and O–H groups in total. The van der Waals surface area contributed by atoms with Gasteiger partial charge in [-0.15, -0.1) is 0 Å². The van der Waals surface area contributed by atoms with Crippen molar-refractivity contribution in [2.24, 2.45) is 0 Å². The number of nitrogens with zero attached hydrogens (tertiary/aromatic N) is 2. The van der Waals surface area contributed by atoms with Gasteiger partial charge in [0.25, 0.3) is 0 Å². The van der Waals surface area contributed by atoms with Crippen LogP contribution in [0.5, 0.6) is 5.95 Å². The van der Waals surface area contributed by atoms with Crippen molar-refractivity contribution < 1.29 is 14.3 Å². The maximum absolute atomic E-state index is 10.7. The predicted octanol–water partition coefficient (Wildman–Crippen LogP) is 1.33. The second-order valence-electron chi connectivity index (χ2n) is 2.56. The Morgan fingerprint density at radius 3 is 2.64 bits per heavy atom. The van der Waals surface area contributed by atoms with Crippen LogP contribution in [-0.4, -0.2) is 5.27 Å². The first kappa shape index (κ1) is 9.30. The topological polar surface area (TPSA) is 53.0 Å². The van der Waals surface area contributed by atoms with Gasteiger partial charge in [0.1, 0.15) is 5.95 Å². The summed E-state index contributed by atoms with van der Waals surface area (Å²) in [5.41, 5.74) is 0.616. The molecule has 0 aliphatic rings. The van der Waals surface area contributed by atoms with E-state index in [0.29, 0.717) is 15.7 Å². The highest BCUT2D eigenvalue weighted by atomic mass is 35.5. The van der Waals surface area contributed by atoms with E-state index in [2.05, 4.69) is 9.79 Å². The molecule has 0 bridgehead atoms. The Balaban J connectivity index is 2.47. The van der Waals surface area contributed by atoms with Gasteiger partial charge in [-0.1, -0.05) is 23.2 Å². The summed E-state index contributed by atoms with van der Waals surface area (Å²) in [5.74, 6) is -0.518. The van der Waals surface area contributed by atoms with Crippen LogP contribution < -0.4 is 9.79 Å². The molecular weight excluding hydrogens is 227 g/mol. The lowest BCUT2D eigenvalue weighted by molar-refractivity contribution is -0.670. The van der Waals surface area contributed by atoms with Crippen LogP contribution in [0.15, 0.2) is 28.9 Å². The van der Waals surface area contributed by atoms with Crippen LogP contribution in [0.4, 0.5) is 0 Å². The highest BCUT2D eigenvalue weighted by molar-refractivity contribution is 6.42. The molecule has 4 nitrogen and oxygen atoms in total. The molecule has 0 atom stereocenters. The van der Waals surface area contributed by atoms with Crippen LogP contribution >= 0.6 is 23.2 Å². The second-order valence-corrected chi connectivity index (χ2v) is 3.38. The summed E-state index contributed by atoms with van der Waals surface area (Å²) in [5, 5.41) is 15.0. The van der Waals surface area contributed by atoms with E-state index in [1.807, 2.05) is 0 Å². The van der Waals surface area contributed by atoms with E-state index in [9.17, 15) is 5.11 Å². The second kappa shape index (κ2) is 3.48. The Kier molecular flexibility index (Phi) is 2.31. The number of halogens is 2. The third-order valence-corrected chi connectivity index (χ3v) is 2.35. The summed E-state index contributed by atoms with van der Waals surface area (Å²) in [7, 11) is 0. The van der Waals surface area contributed by atoms with Gasteiger partial charge in [0.05, 0.1) is 15.3 Å². The van der Waals surface area contributed by atoms with Gasteiger partial charge < -0.3 is 9.63 Å². The fourth-order valence-corrected chi connectivity index (χ4v) is 1.27. The van der Waals surface area contributed by atoms with E-state index in [1.54, 1.807) is 18.2 Å². The van der Waals surface area contributed by atoms with Crippen molar-refractivity contribution in [3.63, 3.8) is 0 Å². The lowest BCUT2D eigenvalue weighted by Crippen LogP contribution is -2.31. The van der Waals surface area contributed by atoms with Gasteiger partial charge in [0.2, 0.25) is 11.9 Å². The molecule has 2 rings (SSSR count). The molecule has 1 heterocycles. The normalized spacial score (nSPS) is 10.4. The molecule has 14 heavy (non-hydrogen) atoms. The lowest BCUT2D eigenvalue weighted by atomic mass is 10.3. The van der Waals surface area contributed by atoms with Crippen molar-refractivity contribution in [1.29, 1.82) is 0 Å². The quantitative estimate of drug-likeness (QED) is 0.695. The molecular formula is C8H4Cl2N2O2. The van der Waals surface area contributed by atoms with Crippen LogP contribution in [-0.2, 0) is 0 Å². The Morgan fingerprint density at radius 1 is 1.29 bits per heavy atom. The Bertz CT molecular complexity index is 470. The van der Waals surface area contributed by atoms with E-state index in [-0.39, 0.29) is 0 Å². The SMILES string of the molecule is [O-]c1c[n+](-c2ccc(Cl)c(Cl)c2)no1. The number of hydrogen-bond donors (Lipinski definition) is 0. The first-order valence-corrected chi connectivity index (χ1v) is 4.43. The van der Waals surface area contributed by atoms with Gasteiger partial charge in [0.15, 0.2) is 0 Å². The first-order valence-electron chi connectivity index (χ1n) is 3.68. The van der Waals surface area contributed by atoms with Crippen molar-refractivity contribution in [3.05, 3.63) is 34.4 Å². The van der Waals surface area contributed by atoms with Gasteiger partial charge in [-0.05, 0) is 10.7 Å². The highest BCUT2D eigenvalue weighted by Gasteiger charge is 2.10. The van der Waals surface area contributed by atoms with E-state index in [1.165, 1.54) is 10.9 Å². The third-order valence-electron chi connectivity index (χ3n) is 1.61.